The Morgan fingerprint density at radius 1 is 1.29 bits per heavy atom. The number of hydrogen-bond acceptors (Lipinski definition) is 4. The second-order valence-corrected chi connectivity index (χ2v) is 5.96. The highest BCUT2D eigenvalue weighted by Gasteiger charge is 2.38. The van der Waals surface area contributed by atoms with Crippen molar-refractivity contribution in [3.05, 3.63) is 23.8 Å². The predicted octanol–water partition coefficient (Wildman–Crippen LogP) is 2.67. The number of nitrogens with one attached hydrogen (secondary N) is 1. The summed E-state index contributed by atoms with van der Waals surface area (Å²) >= 11 is 0. The van der Waals surface area contributed by atoms with Gasteiger partial charge in [-0.05, 0) is 46.3 Å². The van der Waals surface area contributed by atoms with E-state index in [1.165, 1.54) is 19.3 Å². The van der Waals surface area contributed by atoms with E-state index in [0.29, 0.717) is 12.1 Å². The third-order valence-electron chi connectivity index (χ3n) is 4.57. The van der Waals surface area contributed by atoms with Gasteiger partial charge in [-0.3, -0.25) is 0 Å². The third-order valence-corrected chi connectivity index (χ3v) is 4.57. The van der Waals surface area contributed by atoms with Crippen LogP contribution in [0.1, 0.15) is 31.7 Å². The normalized spacial score (nSPS) is 16.6. The first kappa shape index (κ1) is 16.1. The lowest BCUT2D eigenvalue weighted by Crippen LogP contribution is -2.56. The lowest BCUT2D eigenvalue weighted by atomic mass is 9.75. The smallest absolute Gasteiger partial charge is 0.165 e. The second-order valence-electron chi connectivity index (χ2n) is 5.96. The molecule has 1 saturated carbocycles. The standard InChI is InChI=1S/C17H28N2O2/c1-5-21-15-9-6-8-14(16(15)20-4)12-18-13-17(19(2)3)10-7-11-17/h6,8-9,18H,5,7,10-13H2,1-4H3. The van der Waals surface area contributed by atoms with E-state index < -0.39 is 0 Å². The largest absolute Gasteiger partial charge is 0.493 e. The van der Waals surface area contributed by atoms with Crippen LogP contribution < -0.4 is 14.8 Å². The molecule has 1 aromatic carbocycles. The summed E-state index contributed by atoms with van der Waals surface area (Å²) in [7, 11) is 6.06. The fourth-order valence-electron chi connectivity index (χ4n) is 3.00. The van der Waals surface area contributed by atoms with Gasteiger partial charge in [0.2, 0.25) is 0 Å². The number of nitrogens with zero attached hydrogens (tertiary/aromatic N) is 1. The molecule has 0 aliphatic heterocycles. The molecule has 1 aliphatic carbocycles. The summed E-state index contributed by atoms with van der Waals surface area (Å²) < 4.78 is 11.1. The van der Waals surface area contributed by atoms with Crippen molar-refractivity contribution in [2.24, 2.45) is 0 Å². The van der Waals surface area contributed by atoms with Crippen LogP contribution >= 0.6 is 0 Å². The van der Waals surface area contributed by atoms with Crippen LogP contribution in [0.3, 0.4) is 0 Å². The highest BCUT2D eigenvalue weighted by atomic mass is 16.5. The summed E-state index contributed by atoms with van der Waals surface area (Å²) in [6.07, 6.45) is 3.90. The molecule has 21 heavy (non-hydrogen) atoms. The summed E-state index contributed by atoms with van der Waals surface area (Å²) in [5.74, 6) is 1.67. The molecule has 2 rings (SSSR count). The van der Waals surface area contributed by atoms with E-state index in [0.717, 1.165) is 30.2 Å². The molecule has 0 bridgehead atoms. The molecule has 0 unspecified atom stereocenters. The molecule has 1 N–H and O–H groups in total. The van der Waals surface area contributed by atoms with E-state index in [1.54, 1.807) is 7.11 Å². The molecule has 0 radical (unpaired) electrons. The van der Waals surface area contributed by atoms with Crippen LogP contribution in [0.5, 0.6) is 11.5 Å². The predicted molar refractivity (Wildman–Crippen MR) is 86.1 cm³/mol. The van der Waals surface area contributed by atoms with Crippen molar-refractivity contribution in [2.75, 3.05) is 34.4 Å². The second kappa shape index (κ2) is 7.14. The number of methoxy groups -OCH3 is 1. The minimum Gasteiger partial charge on any atom is -0.493 e. The number of ether oxygens (including phenoxy) is 2. The zero-order chi connectivity index (χ0) is 15.3. The molecular weight excluding hydrogens is 264 g/mol. The summed E-state index contributed by atoms with van der Waals surface area (Å²) in [6, 6.07) is 6.08. The Balaban J connectivity index is 1.98. The van der Waals surface area contributed by atoms with Gasteiger partial charge in [-0.2, -0.15) is 0 Å². The monoisotopic (exact) mass is 292 g/mol. The van der Waals surface area contributed by atoms with Gasteiger partial charge in [-0.15, -0.1) is 0 Å². The van der Waals surface area contributed by atoms with Gasteiger partial charge in [0.05, 0.1) is 13.7 Å². The molecule has 1 aromatic rings. The van der Waals surface area contributed by atoms with Crippen LogP contribution in [0, 0.1) is 0 Å². The van der Waals surface area contributed by atoms with Gasteiger partial charge in [0.15, 0.2) is 11.5 Å². The number of hydrogen-bond donors (Lipinski definition) is 1. The summed E-state index contributed by atoms with van der Waals surface area (Å²) in [4.78, 5) is 2.36. The molecule has 118 valence electrons. The van der Waals surface area contributed by atoms with Gasteiger partial charge in [0.1, 0.15) is 0 Å². The molecule has 0 aromatic heterocycles. The first-order valence-electron chi connectivity index (χ1n) is 7.80. The minimum atomic E-state index is 0.338. The summed E-state index contributed by atoms with van der Waals surface area (Å²) in [5, 5.41) is 3.59. The quantitative estimate of drug-likeness (QED) is 0.799. The van der Waals surface area contributed by atoms with E-state index in [1.807, 2.05) is 19.1 Å². The molecule has 1 aliphatic rings. The van der Waals surface area contributed by atoms with Gasteiger partial charge in [-0.1, -0.05) is 12.1 Å². The van der Waals surface area contributed by atoms with Crippen LogP contribution in [0.15, 0.2) is 18.2 Å². The molecule has 0 amide bonds. The average molecular weight is 292 g/mol. The molecular formula is C17H28N2O2. The van der Waals surface area contributed by atoms with E-state index in [4.69, 9.17) is 9.47 Å². The van der Waals surface area contributed by atoms with Crippen molar-refractivity contribution in [2.45, 2.75) is 38.3 Å². The summed E-state index contributed by atoms with van der Waals surface area (Å²) in [6.45, 7) is 4.46. The molecule has 0 atom stereocenters. The third kappa shape index (κ3) is 3.50. The van der Waals surface area contributed by atoms with Gasteiger partial charge < -0.3 is 19.7 Å². The fourth-order valence-corrected chi connectivity index (χ4v) is 3.00. The van der Waals surface area contributed by atoms with Crippen molar-refractivity contribution in [1.29, 1.82) is 0 Å². The van der Waals surface area contributed by atoms with Crippen LogP contribution in [0.4, 0.5) is 0 Å². The molecule has 4 nitrogen and oxygen atoms in total. The van der Waals surface area contributed by atoms with Crippen LogP contribution in [-0.2, 0) is 6.54 Å². The van der Waals surface area contributed by atoms with Crippen molar-refractivity contribution in [3.63, 3.8) is 0 Å². The van der Waals surface area contributed by atoms with E-state index in [-0.39, 0.29) is 0 Å². The minimum absolute atomic E-state index is 0.338. The molecule has 4 heteroatoms. The Hall–Kier alpha value is -1.26. The Morgan fingerprint density at radius 2 is 2.05 bits per heavy atom. The van der Waals surface area contributed by atoms with Gasteiger partial charge in [0, 0.05) is 24.2 Å². The highest BCUT2D eigenvalue weighted by molar-refractivity contribution is 5.46. The zero-order valence-corrected chi connectivity index (χ0v) is 13.7. The van der Waals surface area contributed by atoms with E-state index >= 15 is 0 Å². The fraction of sp³-hybridized carbons (Fsp3) is 0.647. The molecule has 1 fully saturated rings. The first-order chi connectivity index (χ1) is 10.1. The van der Waals surface area contributed by atoms with Crippen molar-refractivity contribution in [1.82, 2.24) is 10.2 Å². The maximum absolute atomic E-state index is 5.63. The highest BCUT2D eigenvalue weighted by Crippen LogP contribution is 2.36. The number of rotatable bonds is 8. The van der Waals surface area contributed by atoms with Gasteiger partial charge in [-0.25, -0.2) is 0 Å². The van der Waals surface area contributed by atoms with E-state index in [9.17, 15) is 0 Å². The van der Waals surface area contributed by atoms with Crippen LogP contribution in [-0.4, -0.2) is 44.8 Å². The number of likely N-dealkylation sites (N-methyl/N-ethyl adjacent to an activating group) is 1. The van der Waals surface area contributed by atoms with Crippen molar-refractivity contribution < 1.29 is 9.47 Å². The van der Waals surface area contributed by atoms with Crippen molar-refractivity contribution >= 4 is 0 Å². The summed E-state index contributed by atoms with van der Waals surface area (Å²) in [5.41, 5.74) is 1.49. The maximum atomic E-state index is 5.63. The van der Waals surface area contributed by atoms with Crippen LogP contribution in [0.25, 0.3) is 0 Å². The molecule has 0 spiro atoms. The Bertz CT molecular complexity index is 456. The lowest BCUT2D eigenvalue weighted by molar-refractivity contribution is 0.0597. The topological polar surface area (TPSA) is 33.7 Å². The molecule has 0 saturated heterocycles. The van der Waals surface area contributed by atoms with Gasteiger partial charge >= 0.3 is 0 Å². The Kier molecular flexibility index (Phi) is 5.48. The first-order valence-corrected chi connectivity index (χ1v) is 7.80. The Morgan fingerprint density at radius 3 is 2.57 bits per heavy atom. The maximum Gasteiger partial charge on any atom is 0.165 e. The lowest BCUT2D eigenvalue weighted by Gasteiger charge is -2.47. The zero-order valence-electron chi connectivity index (χ0n) is 13.7. The number of benzene rings is 1. The SMILES string of the molecule is CCOc1cccc(CNCC2(N(C)C)CCC2)c1OC. The van der Waals surface area contributed by atoms with Crippen LogP contribution in [0.2, 0.25) is 0 Å². The van der Waals surface area contributed by atoms with Crippen molar-refractivity contribution in [3.8, 4) is 11.5 Å². The number of para-hydroxylation sites is 1. The van der Waals surface area contributed by atoms with Gasteiger partial charge in [0.25, 0.3) is 0 Å². The Labute approximate surface area is 128 Å². The van der Waals surface area contributed by atoms with E-state index in [2.05, 4.69) is 30.4 Å². The molecule has 0 heterocycles. The average Bonchev–Trinajstić information content (AvgIpc) is 2.42.